The minimum atomic E-state index is -1.48. The van der Waals surface area contributed by atoms with Crippen LogP contribution in [-0.4, -0.2) is 125 Å². The van der Waals surface area contributed by atoms with Gasteiger partial charge in [0, 0.05) is 25.0 Å². The predicted molar refractivity (Wildman–Crippen MR) is 136 cm³/mol. The van der Waals surface area contributed by atoms with E-state index in [1.807, 2.05) is 6.92 Å². The van der Waals surface area contributed by atoms with Crippen LogP contribution in [0.3, 0.4) is 0 Å². The largest absolute Gasteiger partial charge is 0.463 e. The molecule has 14 atom stereocenters. The predicted octanol–water partition coefficient (Wildman–Crippen LogP) is -4.16. The molecule has 2 heterocycles. The van der Waals surface area contributed by atoms with Crippen LogP contribution in [0.2, 0.25) is 0 Å². The summed E-state index contributed by atoms with van der Waals surface area (Å²) in [6, 6.07) is -3.38. The molecule has 0 amide bonds. The Morgan fingerprint density at radius 2 is 1.44 bits per heavy atom. The molecule has 2 saturated heterocycles. The van der Waals surface area contributed by atoms with Crippen molar-refractivity contribution in [3.05, 3.63) is 0 Å². The van der Waals surface area contributed by atoms with Crippen molar-refractivity contribution in [3.8, 4) is 0 Å². The fraction of sp³-hybridized carbons (Fsp3) is 0.958. The first-order valence-corrected chi connectivity index (χ1v) is 13.7. The van der Waals surface area contributed by atoms with Gasteiger partial charge in [-0.1, -0.05) is 19.8 Å². The molecule has 39 heavy (non-hydrogen) atoms. The lowest BCUT2D eigenvalue weighted by atomic mass is 9.84. The molecule has 1 saturated carbocycles. The van der Waals surface area contributed by atoms with Gasteiger partial charge in [0.25, 0.3) is 0 Å². The summed E-state index contributed by atoms with van der Waals surface area (Å²) >= 11 is 0. The highest BCUT2D eigenvalue weighted by molar-refractivity contribution is 5.69. The Morgan fingerprint density at radius 1 is 0.821 bits per heavy atom. The highest BCUT2D eigenvalue weighted by Gasteiger charge is 2.50. The Balaban J connectivity index is 1.64. The van der Waals surface area contributed by atoms with Gasteiger partial charge in [-0.25, -0.2) is 0 Å². The van der Waals surface area contributed by atoms with E-state index in [0.29, 0.717) is 6.42 Å². The minimum absolute atomic E-state index is 0.0435. The van der Waals surface area contributed by atoms with Gasteiger partial charge in [0.15, 0.2) is 12.6 Å². The second-order valence-electron chi connectivity index (χ2n) is 10.7. The van der Waals surface area contributed by atoms with Crippen molar-refractivity contribution in [3.63, 3.8) is 0 Å². The van der Waals surface area contributed by atoms with E-state index in [4.69, 9.17) is 52.4 Å². The third kappa shape index (κ3) is 8.03. The van der Waals surface area contributed by atoms with Crippen LogP contribution in [-0.2, 0) is 28.5 Å². The second kappa shape index (κ2) is 14.7. The Kier molecular flexibility index (Phi) is 12.3. The topological polar surface area (TPSA) is 274 Å². The average Bonchev–Trinajstić information content (AvgIpc) is 2.89. The average molecular weight is 566 g/mol. The van der Waals surface area contributed by atoms with Gasteiger partial charge in [-0.3, -0.25) is 4.79 Å². The fourth-order valence-corrected chi connectivity index (χ4v) is 5.18. The number of rotatable bonds is 11. The maximum Gasteiger partial charge on any atom is 0.305 e. The standard InChI is InChI=1S/C24H47N5O10/c1-2-3-4-5-16(31)35-9-15-18(32)17(29)19(33)24(37-15)39-22-11(27)6-10(26)21(20(22)34)38-23-12(28)7-13(30)14(8-25)36-23/h10-15,17-24,30,32-34H,2-9,25-29H2,1H3. The Hall–Kier alpha value is -1.05. The van der Waals surface area contributed by atoms with Crippen LogP contribution in [0.15, 0.2) is 0 Å². The van der Waals surface area contributed by atoms with E-state index in [1.165, 1.54) is 0 Å². The molecule has 0 bridgehead atoms. The maximum atomic E-state index is 12.0. The molecule has 14 N–H and O–H groups in total. The molecule has 15 heteroatoms. The first-order chi connectivity index (χ1) is 18.5. The summed E-state index contributed by atoms with van der Waals surface area (Å²) in [6.45, 7) is 1.76. The molecule has 1 aliphatic carbocycles. The SMILES string of the molecule is CCCCCC(=O)OCC1OC(OC2C(N)CC(N)C(OC3OC(CN)C(O)CC3N)C2O)C(O)C(N)C1O. The number of ether oxygens (including phenoxy) is 5. The molecule has 3 aliphatic rings. The van der Waals surface area contributed by atoms with Gasteiger partial charge in [-0.05, 0) is 19.3 Å². The summed E-state index contributed by atoms with van der Waals surface area (Å²) in [5, 5.41) is 42.4. The van der Waals surface area contributed by atoms with E-state index in [0.717, 1.165) is 12.8 Å². The monoisotopic (exact) mass is 565 g/mol. The van der Waals surface area contributed by atoms with Gasteiger partial charge in [0.2, 0.25) is 0 Å². The van der Waals surface area contributed by atoms with E-state index in [1.54, 1.807) is 0 Å². The van der Waals surface area contributed by atoms with E-state index in [-0.39, 0.29) is 32.4 Å². The molecule has 15 nitrogen and oxygen atoms in total. The Bertz CT molecular complexity index is 771. The number of carbonyl (C=O) groups is 1. The molecular formula is C24H47N5O10. The number of hydrogen-bond acceptors (Lipinski definition) is 15. The van der Waals surface area contributed by atoms with E-state index in [9.17, 15) is 25.2 Å². The van der Waals surface area contributed by atoms with Crippen LogP contribution < -0.4 is 28.7 Å². The van der Waals surface area contributed by atoms with Crippen LogP contribution in [0.25, 0.3) is 0 Å². The van der Waals surface area contributed by atoms with E-state index in [2.05, 4.69) is 0 Å². The van der Waals surface area contributed by atoms with Crippen molar-refractivity contribution in [2.75, 3.05) is 13.2 Å². The molecule has 2 aliphatic heterocycles. The van der Waals surface area contributed by atoms with Gasteiger partial charge in [0.1, 0.15) is 43.2 Å². The van der Waals surface area contributed by atoms with Gasteiger partial charge >= 0.3 is 5.97 Å². The Morgan fingerprint density at radius 3 is 2.05 bits per heavy atom. The molecule has 3 rings (SSSR count). The van der Waals surface area contributed by atoms with E-state index >= 15 is 0 Å². The second-order valence-corrected chi connectivity index (χ2v) is 10.7. The highest BCUT2D eigenvalue weighted by atomic mass is 16.7. The number of esters is 1. The van der Waals surface area contributed by atoms with Gasteiger partial charge in [0.05, 0.1) is 24.3 Å². The van der Waals surface area contributed by atoms with Crippen molar-refractivity contribution in [2.24, 2.45) is 28.7 Å². The third-order valence-corrected chi connectivity index (χ3v) is 7.63. The highest BCUT2D eigenvalue weighted by Crippen LogP contribution is 2.31. The number of unbranched alkanes of at least 4 members (excludes halogenated alkanes) is 2. The zero-order chi connectivity index (χ0) is 28.9. The summed E-state index contributed by atoms with van der Waals surface area (Å²) in [7, 11) is 0. The first-order valence-electron chi connectivity index (χ1n) is 13.7. The van der Waals surface area contributed by atoms with Crippen LogP contribution >= 0.6 is 0 Å². The molecule has 0 aromatic heterocycles. The third-order valence-electron chi connectivity index (χ3n) is 7.63. The molecule has 3 fully saturated rings. The van der Waals surface area contributed by atoms with E-state index < -0.39 is 91.5 Å². The van der Waals surface area contributed by atoms with Gasteiger partial charge in [-0.15, -0.1) is 0 Å². The molecule has 0 aromatic carbocycles. The quantitative estimate of drug-likeness (QED) is 0.0849. The Labute approximate surface area is 228 Å². The molecule has 14 unspecified atom stereocenters. The molecule has 0 spiro atoms. The maximum absolute atomic E-state index is 12.0. The van der Waals surface area contributed by atoms with Crippen LogP contribution in [0, 0.1) is 0 Å². The number of aliphatic hydroxyl groups excluding tert-OH is 4. The smallest absolute Gasteiger partial charge is 0.305 e. The van der Waals surface area contributed by atoms with Crippen LogP contribution in [0.5, 0.6) is 0 Å². The number of nitrogens with two attached hydrogens (primary N) is 5. The number of aliphatic hydroxyl groups is 4. The van der Waals surface area contributed by atoms with Gasteiger partial charge in [-0.2, -0.15) is 0 Å². The van der Waals surface area contributed by atoms with Crippen molar-refractivity contribution < 1.29 is 48.9 Å². The molecular weight excluding hydrogens is 518 g/mol. The van der Waals surface area contributed by atoms with Gasteiger partial charge < -0.3 is 72.8 Å². The lowest BCUT2D eigenvalue weighted by Gasteiger charge is -2.47. The van der Waals surface area contributed by atoms with Crippen LogP contribution in [0.1, 0.15) is 45.4 Å². The molecule has 0 aromatic rings. The summed E-state index contributed by atoms with van der Waals surface area (Å²) < 4.78 is 28.5. The normalized spacial score (nSPS) is 45.2. The molecule has 0 radical (unpaired) electrons. The lowest BCUT2D eigenvalue weighted by molar-refractivity contribution is -0.315. The minimum Gasteiger partial charge on any atom is -0.463 e. The fourth-order valence-electron chi connectivity index (χ4n) is 5.18. The summed E-state index contributed by atoms with van der Waals surface area (Å²) in [5.41, 5.74) is 30.2. The van der Waals surface area contributed by atoms with Crippen LogP contribution in [0.4, 0.5) is 0 Å². The summed E-state index contributed by atoms with van der Waals surface area (Å²) in [4.78, 5) is 12.0. The molecule has 228 valence electrons. The number of hydrogen-bond donors (Lipinski definition) is 9. The van der Waals surface area contributed by atoms with Crippen molar-refractivity contribution in [1.82, 2.24) is 0 Å². The summed E-state index contributed by atoms with van der Waals surface area (Å²) in [6.07, 6.45) is -8.29. The zero-order valence-electron chi connectivity index (χ0n) is 22.4. The zero-order valence-corrected chi connectivity index (χ0v) is 22.4. The summed E-state index contributed by atoms with van der Waals surface area (Å²) in [5.74, 6) is -0.442. The van der Waals surface area contributed by atoms with Crippen molar-refractivity contribution in [2.45, 2.75) is 131 Å². The van der Waals surface area contributed by atoms with Crippen molar-refractivity contribution in [1.29, 1.82) is 0 Å². The lowest BCUT2D eigenvalue weighted by Crippen LogP contribution is -2.68. The number of carbonyl (C=O) groups excluding carboxylic acids is 1. The first kappa shape index (κ1) is 32.5. The van der Waals surface area contributed by atoms with Crippen molar-refractivity contribution >= 4 is 5.97 Å².